The second-order valence-corrected chi connectivity index (χ2v) is 4.40. The highest BCUT2D eigenvalue weighted by atomic mass is 35.5. The molecule has 1 aromatic carbocycles. The van der Waals surface area contributed by atoms with Gasteiger partial charge in [0.2, 0.25) is 0 Å². The first kappa shape index (κ1) is 11.3. The van der Waals surface area contributed by atoms with Crippen molar-refractivity contribution in [2.75, 3.05) is 0 Å². The molecule has 1 aromatic rings. The van der Waals surface area contributed by atoms with Crippen LogP contribution < -0.4 is 5.73 Å². The van der Waals surface area contributed by atoms with E-state index in [-0.39, 0.29) is 22.8 Å². The van der Waals surface area contributed by atoms with Gasteiger partial charge in [-0.05, 0) is 32.4 Å². The average Bonchev–Trinajstić information content (AvgIpc) is 2.04. The molecule has 0 unspecified atom stereocenters. The Bertz CT molecular complexity index is 347. The average molecular weight is 218 g/mol. The zero-order chi connectivity index (χ0) is 10.9. The third kappa shape index (κ3) is 2.59. The summed E-state index contributed by atoms with van der Waals surface area (Å²) >= 11 is 5.76. The van der Waals surface area contributed by atoms with Gasteiger partial charge >= 0.3 is 0 Å². The van der Waals surface area contributed by atoms with Gasteiger partial charge in [0.15, 0.2) is 0 Å². The standard InChI is InChI=1S/C10H13ClFNO/c1-10(2,13)5-6-7(12)3-4-8(14)9(6)11/h3-4,14H,5,13H2,1-2H3. The van der Waals surface area contributed by atoms with Crippen LogP contribution in [0.1, 0.15) is 19.4 Å². The Morgan fingerprint density at radius 1 is 1.50 bits per heavy atom. The fourth-order valence-corrected chi connectivity index (χ4v) is 1.42. The minimum Gasteiger partial charge on any atom is -0.506 e. The molecule has 0 aliphatic rings. The van der Waals surface area contributed by atoms with Crippen LogP contribution in [-0.4, -0.2) is 10.6 Å². The lowest BCUT2D eigenvalue weighted by Crippen LogP contribution is -2.34. The fourth-order valence-electron chi connectivity index (χ4n) is 1.20. The Kier molecular flexibility index (Phi) is 3.02. The SMILES string of the molecule is CC(C)(N)Cc1c(F)ccc(O)c1Cl. The summed E-state index contributed by atoms with van der Waals surface area (Å²) in [7, 11) is 0. The molecule has 4 heteroatoms. The second kappa shape index (κ2) is 3.75. The molecule has 0 aliphatic heterocycles. The molecule has 2 nitrogen and oxygen atoms in total. The van der Waals surface area contributed by atoms with E-state index in [1.54, 1.807) is 13.8 Å². The molecule has 0 saturated carbocycles. The van der Waals surface area contributed by atoms with E-state index >= 15 is 0 Å². The van der Waals surface area contributed by atoms with Crippen molar-refractivity contribution in [2.24, 2.45) is 5.73 Å². The summed E-state index contributed by atoms with van der Waals surface area (Å²) in [6.07, 6.45) is 0.284. The molecule has 0 saturated heterocycles. The van der Waals surface area contributed by atoms with Gasteiger partial charge in [-0.1, -0.05) is 11.6 Å². The second-order valence-electron chi connectivity index (χ2n) is 4.02. The van der Waals surface area contributed by atoms with Crippen LogP contribution in [0.3, 0.4) is 0 Å². The summed E-state index contributed by atoms with van der Waals surface area (Å²) in [6.45, 7) is 3.54. The zero-order valence-corrected chi connectivity index (χ0v) is 8.90. The molecule has 0 aromatic heterocycles. The molecule has 78 valence electrons. The first-order chi connectivity index (χ1) is 6.31. The van der Waals surface area contributed by atoms with E-state index in [0.717, 1.165) is 0 Å². The van der Waals surface area contributed by atoms with E-state index in [4.69, 9.17) is 17.3 Å². The molecule has 0 bridgehead atoms. The van der Waals surface area contributed by atoms with Crippen LogP contribution >= 0.6 is 11.6 Å². The highest BCUT2D eigenvalue weighted by Crippen LogP contribution is 2.30. The molecule has 0 amide bonds. The Labute approximate surface area is 87.5 Å². The maximum Gasteiger partial charge on any atom is 0.134 e. The fraction of sp³-hybridized carbons (Fsp3) is 0.400. The largest absolute Gasteiger partial charge is 0.506 e. The topological polar surface area (TPSA) is 46.2 Å². The van der Waals surface area contributed by atoms with Gasteiger partial charge in [0, 0.05) is 11.1 Å². The summed E-state index contributed by atoms with van der Waals surface area (Å²) in [5.41, 5.74) is 5.45. The lowest BCUT2D eigenvalue weighted by molar-refractivity contribution is 0.464. The van der Waals surface area contributed by atoms with Gasteiger partial charge in [-0.3, -0.25) is 0 Å². The maximum absolute atomic E-state index is 13.3. The number of phenolic OH excluding ortho intramolecular Hbond substituents is 1. The molecular formula is C10H13ClFNO. The van der Waals surface area contributed by atoms with Gasteiger partial charge in [-0.15, -0.1) is 0 Å². The summed E-state index contributed by atoms with van der Waals surface area (Å²) in [6, 6.07) is 2.41. The van der Waals surface area contributed by atoms with Crippen LogP contribution in [0.15, 0.2) is 12.1 Å². The Morgan fingerprint density at radius 2 is 2.07 bits per heavy atom. The lowest BCUT2D eigenvalue weighted by Gasteiger charge is -2.19. The van der Waals surface area contributed by atoms with E-state index in [0.29, 0.717) is 0 Å². The van der Waals surface area contributed by atoms with E-state index in [9.17, 15) is 9.50 Å². The van der Waals surface area contributed by atoms with Crippen molar-refractivity contribution in [1.29, 1.82) is 0 Å². The molecule has 0 aliphatic carbocycles. The number of hydrogen-bond donors (Lipinski definition) is 2. The van der Waals surface area contributed by atoms with Gasteiger partial charge in [0.25, 0.3) is 0 Å². The number of aromatic hydroxyl groups is 1. The van der Waals surface area contributed by atoms with Gasteiger partial charge in [0.1, 0.15) is 11.6 Å². The monoisotopic (exact) mass is 217 g/mol. The Balaban J connectivity index is 3.13. The molecule has 0 atom stereocenters. The summed E-state index contributed by atoms with van der Waals surface area (Å²) in [5.74, 6) is -0.557. The van der Waals surface area contributed by atoms with Crippen molar-refractivity contribution in [1.82, 2.24) is 0 Å². The van der Waals surface area contributed by atoms with Crippen molar-refractivity contribution in [3.05, 3.63) is 28.5 Å². The normalized spacial score (nSPS) is 11.8. The van der Waals surface area contributed by atoms with Crippen LogP contribution in [0.4, 0.5) is 4.39 Å². The third-order valence-corrected chi connectivity index (χ3v) is 2.22. The minimum atomic E-state index is -0.557. The van der Waals surface area contributed by atoms with Crippen LogP contribution in [0.5, 0.6) is 5.75 Å². The number of hydrogen-bond acceptors (Lipinski definition) is 2. The quantitative estimate of drug-likeness (QED) is 0.800. The smallest absolute Gasteiger partial charge is 0.134 e. The van der Waals surface area contributed by atoms with E-state index < -0.39 is 11.4 Å². The summed E-state index contributed by atoms with van der Waals surface area (Å²) in [5, 5.41) is 9.33. The number of rotatable bonds is 2. The van der Waals surface area contributed by atoms with Crippen LogP contribution in [0, 0.1) is 5.82 Å². The minimum absolute atomic E-state index is 0.0449. The van der Waals surface area contributed by atoms with Crippen molar-refractivity contribution in [3.63, 3.8) is 0 Å². The highest BCUT2D eigenvalue weighted by molar-refractivity contribution is 6.32. The highest BCUT2D eigenvalue weighted by Gasteiger charge is 2.19. The summed E-state index contributed by atoms with van der Waals surface area (Å²) in [4.78, 5) is 0. The van der Waals surface area contributed by atoms with Crippen LogP contribution in [0.25, 0.3) is 0 Å². The predicted molar refractivity (Wildman–Crippen MR) is 55.0 cm³/mol. The molecule has 14 heavy (non-hydrogen) atoms. The third-order valence-electron chi connectivity index (χ3n) is 1.80. The Morgan fingerprint density at radius 3 is 2.57 bits per heavy atom. The van der Waals surface area contributed by atoms with Gasteiger partial charge in [-0.2, -0.15) is 0 Å². The van der Waals surface area contributed by atoms with E-state index in [1.807, 2.05) is 0 Å². The van der Waals surface area contributed by atoms with E-state index in [1.165, 1.54) is 12.1 Å². The van der Waals surface area contributed by atoms with E-state index in [2.05, 4.69) is 0 Å². The van der Waals surface area contributed by atoms with Crippen molar-refractivity contribution >= 4 is 11.6 Å². The number of nitrogens with two attached hydrogens (primary N) is 1. The summed E-state index contributed by atoms with van der Waals surface area (Å²) < 4.78 is 13.3. The lowest BCUT2D eigenvalue weighted by atomic mass is 9.95. The van der Waals surface area contributed by atoms with Gasteiger partial charge < -0.3 is 10.8 Å². The van der Waals surface area contributed by atoms with Crippen LogP contribution in [0.2, 0.25) is 5.02 Å². The number of halogens is 2. The Hall–Kier alpha value is -0.800. The molecule has 3 N–H and O–H groups in total. The number of phenols is 1. The van der Waals surface area contributed by atoms with Gasteiger partial charge in [0.05, 0.1) is 5.02 Å². The predicted octanol–water partition coefficient (Wildman–Crippen LogP) is 2.46. The molecule has 0 fully saturated rings. The number of benzene rings is 1. The molecule has 0 heterocycles. The molecule has 1 rings (SSSR count). The van der Waals surface area contributed by atoms with Crippen LogP contribution in [-0.2, 0) is 6.42 Å². The van der Waals surface area contributed by atoms with Crippen molar-refractivity contribution < 1.29 is 9.50 Å². The molecular weight excluding hydrogens is 205 g/mol. The van der Waals surface area contributed by atoms with Crippen molar-refractivity contribution in [2.45, 2.75) is 25.8 Å². The molecule has 0 radical (unpaired) electrons. The zero-order valence-electron chi connectivity index (χ0n) is 8.14. The first-order valence-electron chi connectivity index (χ1n) is 4.26. The molecule has 0 spiro atoms. The first-order valence-corrected chi connectivity index (χ1v) is 4.64. The van der Waals surface area contributed by atoms with Gasteiger partial charge in [-0.25, -0.2) is 4.39 Å². The van der Waals surface area contributed by atoms with Crippen molar-refractivity contribution in [3.8, 4) is 5.75 Å². The maximum atomic E-state index is 13.3.